The predicted octanol–water partition coefficient (Wildman–Crippen LogP) is 1.04. The topological polar surface area (TPSA) is 57.1 Å². The van der Waals surface area contributed by atoms with Crippen molar-refractivity contribution in [2.24, 2.45) is 5.92 Å². The van der Waals surface area contributed by atoms with E-state index in [0.29, 0.717) is 12.0 Å². The van der Waals surface area contributed by atoms with E-state index in [4.69, 9.17) is 4.74 Å². The quantitative estimate of drug-likeness (QED) is 0.767. The SMILES string of the molecule is CCC1CNCCC1(C#N)NCC1CCCO1. The third-order valence-electron chi connectivity index (χ3n) is 4.15. The molecule has 0 aromatic heterocycles. The Morgan fingerprint density at radius 3 is 3.12 bits per heavy atom. The Hall–Kier alpha value is -0.630. The van der Waals surface area contributed by atoms with E-state index in [1.54, 1.807) is 0 Å². The van der Waals surface area contributed by atoms with E-state index in [1.165, 1.54) is 0 Å². The summed E-state index contributed by atoms with van der Waals surface area (Å²) in [5.41, 5.74) is -0.341. The molecule has 17 heavy (non-hydrogen) atoms. The summed E-state index contributed by atoms with van der Waals surface area (Å²) in [4.78, 5) is 0. The Balaban J connectivity index is 1.94. The molecule has 0 spiro atoms. The van der Waals surface area contributed by atoms with E-state index in [9.17, 15) is 5.26 Å². The molecule has 2 aliphatic heterocycles. The highest BCUT2D eigenvalue weighted by molar-refractivity contribution is 5.13. The van der Waals surface area contributed by atoms with Crippen LogP contribution in [-0.4, -0.2) is 37.9 Å². The molecule has 3 atom stereocenters. The van der Waals surface area contributed by atoms with Crippen LogP contribution in [0.2, 0.25) is 0 Å². The number of nitriles is 1. The highest BCUT2D eigenvalue weighted by Crippen LogP contribution is 2.27. The van der Waals surface area contributed by atoms with Crippen LogP contribution in [0.15, 0.2) is 0 Å². The molecule has 2 fully saturated rings. The molecule has 0 radical (unpaired) electrons. The van der Waals surface area contributed by atoms with Gasteiger partial charge in [0, 0.05) is 25.6 Å². The Kier molecular flexibility index (Phi) is 4.38. The third kappa shape index (κ3) is 2.79. The van der Waals surface area contributed by atoms with Crippen molar-refractivity contribution in [1.82, 2.24) is 10.6 Å². The van der Waals surface area contributed by atoms with Gasteiger partial charge in [-0.1, -0.05) is 6.92 Å². The van der Waals surface area contributed by atoms with Gasteiger partial charge in [-0.3, -0.25) is 5.32 Å². The van der Waals surface area contributed by atoms with E-state index in [2.05, 4.69) is 23.6 Å². The van der Waals surface area contributed by atoms with E-state index >= 15 is 0 Å². The molecule has 2 aliphatic rings. The molecule has 4 nitrogen and oxygen atoms in total. The summed E-state index contributed by atoms with van der Waals surface area (Å²) < 4.78 is 5.61. The summed E-state index contributed by atoms with van der Waals surface area (Å²) >= 11 is 0. The zero-order valence-corrected chi connectivity index (χ0v) is 10.7. The van der Waals surface area contributed by atoms with Crippen molar-refractivity contribution in [2.45, 2.75) is 44.2 Å². The summed E-state index contributed by atoms with van der Waals surface area (Å²) in [6.07, 6.45) is 4.54. The highest BCUT2D eigenvalue weighted by Gasteiger charge is 2.40. The van der Waals surface area contributed by atoms with Gasteiger partial charge in [-0.15, -0.1) is 0 Å². The molecule has 2 heterocycles. The van der Waals surface area contributed by atoms with Crippen molar-refractivity contribution < 1.29 is 4.74 Å². The fourth-order valence-electron chi connectivity index (χ4n) is 2.95. The van der Waals surface area contributed by atoms with Gasteiger partial charge in [0.2, 0.25) is 0 Å². The second-order valence-electron chi connectivity index (χ2n) is 5.16. The second-order valence-corrected chi connectivity index (χ2v) is 5.16. The largest absolute Gasteiger partial charge is 0.377 e. The summed E-state index contributed by atoms with van der Waals surface area (Å²) in [5, 5.41) is 16.4. The first-order valence-corrected chi connectivity index (χ1v) is 6.79. The van der Waals surface area contributed by atoms with Gasteiger partial charge in [0.05, 0.1) is 12.2 Å². The first-order chi connectivity index (χ1) is 8.30. The predicted molar refractivity (Wildman–Crippen MR) is 66.6 cm³/mol. The van der Waals surface area contributed by atoms with Crippen LogP contribution >= 0.6 is 0 Å². The van der Waals surface area contributed by atoms with Crippen LogP contribution in [0.3, 0.4) is 0 Å². The summed E-state index contributed by atoms with van der Waals surface area (Å²) in [7, 11) is 0. The Labute approximate surface area is 104 Å². The van der Waals surface area contributed by atoms with Crippen LogP contribution in [0.5, 0.6) is 0 Å². The fourth-order valence-corrected chi connectivity index (χ4v) is 2.95. The summed E-state index contributed by atoms with van der Waals surface area (Å²) in [6.45, 7) is 5.75. The van der Waals surface area contributed by atoms with Gasteiger partial charge in [0.25, 0.3) is 0 Å². The van der Waals surface area contributed by atoms with Crippen molar-refractivity contribution in [2.75, 3.05) is 26.2 Å². The number of nitrogens with zero attached hydrogens (tertiary/aromatic N) is 1. The molecule has 0 amide bonds. The second kappa shape index (κ2) is 5.81. The molecule has 0 bridgehead atoms. The van der Waals surface area contributed by atoms with Gasteiger partial charge in [-0.25, -0.2) is 0 Å². The minimum atomic E-state index is -0.341. The monoisotopic (exact) mass is 237 g/mol. The smallest absolute Gasteiger partial charge is 0.112 e. The molecule has 2 rings (SSSR count). The third-order valence-corrected chi connectivity index (χ3v) is 4.15. The zero-order chi connectivity index (χ0) is 12.1. The molecule has 0 aromatic carbocycles. The number of hydrogen-bond acceptors (Lipinski definition) is 4. The van der Waals surface area contributed by atoms with E-state index < -0.39 is 0 Å². The molecule has 0 saturated carbocycles. The van der Waals surface area contributed by atoms with Gasteiger partial charge in [-0.05, 0) is 32.2 Å². The maximum Gasteiger partial charge on any atom is 0.112 e. The lowest BCUT2D eigenvalue weighted by molar-refractivity contribution is 0.0939. The van der Waals surface area contributed by atoms with Crippen LogP contribution in [0.25, 0.3) is 0 Å². The van der Waals surface area contributed by atoms with Gasteiger partial charge in [-0.2, -0.15) is 5.26 Å². The molecule has 96 valence electrons. The van der Waals surface area contributed by atoms with Crippen molar-refractivity contribution in [3.63, 3.8) is 0 Å². The van der Waals surface area contributed by atoms with Crippen molar-refractivity contribution in [3.05, 3.63) is 0 Å². The normalized spacial score (nSPS) is 37.9. The minimum Gasteiger partial charge on any atom is -0.377 e. The van der Waals surface area contributed by atoms with Crippen molar-refractivity contribution in [1.29, 1.82) is 5.26 Å². The lowest BCUT2D eigenvalue weighted by Gasteiger charge is -2.40. The summed E-state index contributed by atoms with van der Waals surface area (Å²) in [6, 6.07) is 2.54. The zero-order valence-electron chi connectivity index (χ0n) is 10.7. The molecule has 3 unspecified atom stereocenters. The number of nitrogens with one attached hydrogen (secondary N) is 2. The molecule has 0 aliphatic carbocycles. The fraction of sp³-hybridized carbons (Fsp3) is 0.923. The van der Waals surface area contributed by atoms with Gasteiger partial charge in [0.15, 0.2) is 0 Å². The standard InChI is InChI=1S/C13H23N3O/c1-2-11-8-15-6-5-13(11,10-14)16-9-12-4-3-7-17-12/h11-12,15-16H,2-9H2,1H3. The van der Waals surface area contributed by atoms with Gasteiger partial charge in [0.1, 0.15) is 5.54 Å². The number of piperidine rings is 1. The maximum atomic E-state index is 9.54. The Bertz CT molecular complexity index is 283. The molecule has 2 saturated heterocycles. The maximum absolute atomic E-state index is 9.54. The first kappa shape index (κ1) is 12.8. The summed E-state index contributed by atoms with van der Waals surface area (Å²) in [5.74, 6) is 0.405. The van der Waals surface area contributed by atoms with Crippen LogP contribution in [-0.2, 0) is 4.74 Å². The minimum absolute atomic E-state index is 0.313. The van der Waals surface area contributed by atoms with Crippen LogP contribution in [0.1, 0.15) is 32.6 Å². The van der Waals surface area contributed by atoms with Crippen LogP contribution in [0.4, 0.5) is 0 Å². The highest BCUT2D eigenvalue weighted by atomic mass is 16.5. The molecular weight excluding hydrogens is 214 g/mol. The molecule has 0 aromatic rings. The van der Waals surface area contributed by atoms with Crippen LogP contribution < -0.4 is 10.6 Å². The van der Waals surface area contributed by atoms with Crippen molar-refractivity contribution >= 4 is 0 Å². The van der Waals surface area contributed by atoms with Gasteiger partial charge < -0.3 is 10.1 Å². The number of rotatable bonds is 4. The van der Waals surface area contributed by atoms with Crippen LogP contribution in [0, 0.1) is 17.2 Å². The molecular formula is C13H23N3O. The number of hydrogen-bond donors (Lipinski definition) is 2. The Morgan fingerprint density at radius 2 is 2.47 bits per heavy atom. The lowest BCUT2D eigenvalue weighted by atomic mass is 9.78. The van der Waals surface area contributed by atoms with Crippen molar-refractivity contribution in [3.8, 4) is 6.07 Å². The van der Waals surface area contributed by atoms with Gasteiger partial charge >= 0.3 is 0 Å². The van der Waals surface area contributed by atoms with E-state index in [0.717, 1.165) is 51.9 Å². The average molecular weight is 237 g/mol. The van der Waals surface area contributed by atoms with E-state index in [-0.39, 0.29) is 5.54 Å². The number of ether oxygens (including phenoxy) is 1. The first-order valence-electron chi connectivity index (χ1n) is 6.79. The molecule has 2 N–H and O–H groups in total. The lowest BCUT2D eigenvalue weighted by Crippen LogP contribution is -2.59. The molecule has 4 heteroatoms. The van der Waals surface area contributed by atoms with E-state index in [1.807, 2.05) is 0 Å². The average Bonchev–Trinajstić information content (AvgIpc) is 2.89. The Morgan fingerprint density at radius 1 is 1.59 bits per heavy atom.